The Morgan fingerprint density at radius 1 is 1.50 bits per heavy atom. The molecule has 0 amide bonds. The molecule has 0 nitrogen and oxygen atoms in total. The standard InChI is InChI=1S/C7H7Cl/c1-2-3-4-5-6-7-8/h1H,5-7H2. The maximum atomic E-state index is 5.36. The van der Waals surface area contributed by atoms with Crippen LogP contribution < -0.4 is 0 Å². The Hall–Kier alpha value is -0.590. The number of hydrogen-bond acceptors (Lipinski definition) is 0. The van der Waals surface area contributed by atoms with Gasteiger partial charge in [0.2, 0.25) is 0 Å². The lowest BCUT2D eigenvalue weighted by Gasteiger charge is -1.78. The smallest absolute Gasteiger partial charge is 0.0232 e. The lowest BCUT2D eigenvalue weighted by Crippen LogP contribution is -1.69. The SMILES string of the molecule is C#CC#CCCCCl. The van der Waals surface area contributed by atoms with E-state index in [1.54, 1.807) is 0 Å². The topological polar surface area (TPSA) is 0 Å². The van der Waals surface area contributed by atoms with Crippen LogP contribution in [0.4, 0.5) is 0 Å². The minimum atomic E-state index is 0.666. The maximum absolute atomic E-state index is 5.36. The molecule has 42 valence electrons. The van der Waals surface area contributed by atoms with Crippen molar-refractivity contribution in [3.05, 3.63) is 0 Å². The van der Waals surface area contributed by atoms with Gasteiger partial charge in [0, 0.05) is 12.3 Å². The summed E-state index contributed by atoms with van der Waals surface area (Å²) in [4.78, 5) is 0. The van der Waals surface area contributed by atoms with Crippen LogP contribution >= 0.6 is 11.6 Å². The number of terminal acetylenes is 1. The van der Waals surface area contributed by atoms with Crippen LogP contribution in [0, 0.1) is 24.2 Å². The van der Waals surface area contributed by atoms with E-state index < -0.39 is 0 Å². The van der Waals surface area contributed by atoms with E-state index in [1.807, 2.05) is 0 Å². The molecule has 0 aliphatic heterocycles. The molecule has 1 heteroatoms. The highest BCUT2D eigenvalue weighted by atomic mass is 35.5. The fourth-order valence-electron chi connectivity index (χ4n) is 0.269. The van der Waals surface area contributed by atoms with Crippen LogP contribution in [-0.2, 0) is 0 Å². The number of halogens is 1. The fourth-order valence-corrected chi connectivity index (χ4v) is 0.402. The van der Waals surface area contributed by atoms with Crippen molar-refractivity contribution in [3.8, 4) is 24.2 Å². The average Bonchev–Trinajstić information content (AvgIpc) is 1.81. The summed E-state index contributed by atoms with van der Waals surface area (Å²) in [5.41, 5.74) is 0. The maximum Gasteiger partial charge on any atom is 0.0232 e. The van der Waals surface area contributed by atoms with Gasteiger partial charge in [-0.25, -0.2) is 0 Å². The van der Waals surface area contributed by atoms with Crippen molar-refractivity contribution in [1.29, 1.82) is 0 Å². The Morgan fingerprint density at radius 3 is 2.75 bits per heavy atom. The molecule has 0 aliphatic carbocycles. The normalized spacial score (nSPS) is 6.50. The van der Waals surface area contributed by atoms with Crippen LogP contribution in [0.1, 0.15) is 12.8 Å². The molecule has 0 saturated heterocycles. The van der Waals surface area contributed by atoms with Gasteiger partial charge in [-0.1, -0.05) is 5.92 Å². The molecule has 0 saturated carbocycles. The minimum absolute atomic E-state index is 0.666. The van der Waals surface area contributed by atoms with Crippen molar-refractivity contribution in [2.75, 3.05) is 5.88 Å². The Bertz CT molecular complexity index is 131. The predicted molar refractivity (Wildman–Crippen MR) is 36.6 cm³/mol. The largest absolute Gasteiger partial charge is 0.127 e. The summed E-state index contributed by atoms with van der Waals surface area (Å²) in [6.07, 6.45) is 6.59. The highest BCUT2D eigenvalue weighted by Gasteiger charge is 1.75. The second-order valence-electron chi connectivity index (χ2n) is 1.24. The molecule has 8 heavy (non-hydrogen) atoms. The van der Waals surface area contributed by atoms with Gasteiger partial charge in [0.15, 0.2) is 0 Å². The Kier molecular flexibility index (Phi) is 5.94. The first kappa shape index (κ1) is 7.41. The van der Waals surface area contributed by atoms with Crippen molar-refractivity contribution >= 4 is 11.6 Å². The number of rotatable bonds is 2. The molecule has 0 aliphatic rings. The zero-order valence-electron chi connectivity index (χ0n) is 4.58. The van der Waals surface area contributed by atoms with Crippen LogP contribution in [0.15, 0.2) is 0 Å². The number of alkyl halides is 1. The lowest BCUT2D eigenvalue weighted by molar-refractivity contribution is 0.992. The van der Waals surface area contributed by atoms with Gasteiger partial charge in [-0.15, -0.1) is 18.0 Å². The average molecular weight is 127 g/mol. The third-order valence-electron chi connectivity index (χ3n) is 0.596. The Balaban J connectivity index is 3.06. The van der Waals surface area contributed by atoms with Crippen molar-refractivity contribution in [2.24, 2.45) is 0 Å². The van der Waals surface area contributed by atoms with Crippen molar-refractivity contribution < 1.29 is 0 Å². The number of unbranched alkanes of at least 4 members (excludes halogenated alkanes) is 1. The van der Waals surface area contributed by atoms with Gasteiger partial charge < -0.3 is 0 Å². The van der Waals surface area contributed by atoms with Crippen LogP contribution in [0.3, 0.4) is 0 Å². The zero-order chi connectivity index (χ0) is 6.24. The van der Waals surface area contributed by atoms with E-state index in [0.29, 0.717) is 5.88 Å². The Morgan fingerprint density at radius 2 is 2.25 bits per heavy atom. The first-order chi connectivity index (χ1) is 3.91. The summed E-state index contributed by atoms with van der Waals surface area (Å²) in [5.74, 6) is 8.16. The third kappa shape index (κ3) is 5.41. The van der Waals surface area contributed by atoms with Gasteiger partial charge in [0.25, 0.3) is 0 Å². The summed E-state index contributed by atoms with van der Waals surface area (Å²) < 4.78 is 0. The molecule has 0 fully saturated rings. The van der Waals surface area contributed by atoms with Crippen molar-refractivity contribution in [3.63, 3.8) is 0 Å². The van der Waals surface area contributed by atoms with E-state index in [-0.39, 0.29) is 0 Å². The van der Waals surface area contributed by atoms with Crippen molar-refractivity contribution in [1.82, 2.24) is 0 Å². The van der Waals surface area contributed by atoms with Gasteiger partial charge >= 0.3 is 0 Å². The molecule has 0 atom stereocenters. The van der Waals surface area contributed by atoms with Gasteiger partial charge in [-0.3, -0.25) is 0 Å². The second-order valence-corrected chi connectivity index (χ2v) is 1.62. The number of hydrogen-bond donors (Lipinski definition) is 0. The molecule has 0 unspecified atom stereocenters. The van der Waals surface area contributed by atoms with Gasteiger partial charge in [-0.2, -0.15) is 0 Å². The lowest BCUT2D eigenvalue weighted by atomic mass is 10.3. The van der Waals surface area contributed by atoms with Crippen molar-refractivity contribution in [2.45, 2.75) is 12.8 Å². The van der Waals surface area contributed by atoms with Crippen LogP contribution in [0.2, 0.25) is 0 Å². The predicted octanol–water partition coefficient (Wildman–Crippen LogP) is 1.64. The van der Waals surface area contributed by atoms with E-state index in [1.165, 1.54) is 0 Å². The monoisotopic (exact) mass is 126 g/mol. The first-order valence-electron chi connectivity index (χ1n) is 2.41. The highest BCUT2D eigenvalue weighted by molar-refractivity contribution is 6.17. The quantitative estimate of drug-likeness (QED) is 0.300. The highest BCUT2D eigenvalue weighted by Crippen LogP contribution is 1.87. The van der Waals surface area contributed by atoms with Crippen LogP contribution in [-0.4, -0.2) is 5.88 Å². The summed E-state index contributed by atoms with van der Waals surface area (Å²) in [6, 6.07) is 0. The molecule has 0 aromatic heterocycles. The van der Waals surface area contributed by atoms with Gasteiger partial charge in [0.1, 0.15) is 0 Å². The third-order valence-corrected chi connectivity index (χ3v) is 0.863. The second kappa shape index (κ2) is 6.41. The molecule has 0 aromatic carbocycles. The van der Waals surface area contributed by atoms with E-state index in [2.05, 4.69) is 17.8 Å². The van der Waals surface area contributed by atoms with E-state index in [4.69, 9.17) is 18.0 Å². The summed E-state index contributed by atoms with van der Waals surface area (Å²) in [6.45, 7) is 0. The zero-order valence-corrected chi connectivity index (χ0v) is 5.33. The fraction of sp³-hybridized carbons (Fsp3) is 0.429. The molecular weight excluding hydrogens is 120 g/mol. The van der Waals surface area contributed by atoms with E-state index in [0.717, 1.165) is 12.8 Å². The van der Waals surface area contributed by atoms with Crippen LogP contribution in [0.25, 0.3) is 0 Å². The molecule has 0 radical (unpaired) electrons. The molecule has 0 spiro atoms. The van der Waals surface area contributed by atoms with E-state index >= 15 is 0 Å². The van der Waals surface area contributed by atoms with E-state index in [9.17, 15) is 0 Å². The molecule has 0 aromatic rings. The molecule has 0 rings (SSSR count). The molecule has 0 N–H and O–H groups in total. The molecule has 0 heterocycles. The summed E-state index contributed by atoms with van der Waals surface area (Å²) >= 11 is 5.36. The molecular formula is C7H7Cl. The van der Waals surface area contributed by atoms with Gasteiger partial charge in [-0.05, 0) is 18.3 Å². The summed E-state index contributed by atoms with van der Waals surface area (Å²) in [7, 11) is 0. The summed E-state index contributed by atoms with van der Waals surface area (Å²) in [5, 5.41) is 0. The van der Waals surface area contributed by atoms with Gasteiger partial charge in [0.05, 0.1) is 0 Å². The minimum Gasteiger partial charge on any atom is -0.127 e. The first-order valence-corrected chi connectivity index (χ1v) is 2.94. The Labute approximate surface area is 55.2 Å². The van der Waals surface area contributed by atoms with Crippen LogP contribution in [0.5, 0.6) is 0 Å². The molecule has 0 bridgehead atoms.